The monoisotopic (exact) mass is 544 g/mol. The largest absolute Gasteiger partial charge is 0.484 e. The number of tetrazole rings is 1. The maximum atomic E-state index is 13.4. The molecule has 1 saturated carbocycles. The van der Waals surface area contributed by atoms with Crippen molar-refractivity contribution in [2.45, 2.75) is 44.6 Å². The summed E-state index contributed by atoms with van der Waals surface area (Å²) < 4.78 is 5.76. The average Bonchev–Trinajstić information content (AvgIpc) is 3.49. The molecule has 0 atom stereocenters. The molecule has 9 nitrogen and oxygen atoms in total. The molecule has 1 aliphatic carbocycles. The molecule has 1 heterocycles. The van der Waals surface area contributed by atoms with Gasteiger partial charge in [-0.15, -0.1) is 5.10 Å². The number of carbonyl (C=O) groups is 2. The molecule has 1 aliphatic rings. The molecule has 2 N–H and O–H groups in total. The lowest BCUT2D eigenvalue weighted by Gasteiger charge is -2.25. The number of nitrogens with zero attached hydrogens (tertiary/aromatic N) is 4. The highest BCUT2D eigenvalue weighted by atomic mass is 35.5. The Hall–Kier alpha value is -4.24. The van der Waals surface area contributed by atoms with Crippen molar-refractivity contribution >= 4 is 35.1 Å². The number of benzene rings is 3. The van der Waals surface area contributed by atoms with Crippen molar-refractivity contribution in [2.24, 2.45) is 0 Å². The molecule has 0 saturated heterocycles. The first-order valence-corrected chi connectivity index (χ1v) is 13.4. The molecule has 0 spiro atoms. The van der Waals surface area contributed by atoms with Gasteiger partial charge in [0.1, 0.15) is 5.75 Å². The number of hydrogen-bond acceptors (Lipinski definition) is 6. The maximum Gasteiger partial charge on any atom is 0.270 e. The van der Waals surface area contributed by atoms with E-state index in [1.54, 1.807) is 41.3 Å². The highest BCUT2D eigenvalue weighted by Gasteiger charge is 2.20. The lowest BCUT2D eigenvalue weighted by atomic mass is 9.84. The van der Waals surface area contributed by atoms with E-state index in [4.69, 9.17) is 16.3 Å². The van der Waals surface area contributed by atoms with E-state index in [0.29, 0.717) is 28.8 Å². The van der Waals surface area contributed by atoms with Gasteiger partial charge in [0.2, 0.25) is 0 Å². The van der Waals surface area contributed by atoms with Crippen LogP contribution in [-0.4, -0.2) is 39.0 Å². The van der Waals surface area contributed by atoms with Crippen molar-refractivity contribution in [3.63, 3.8) is 0 Å². The molecule has 1 aromatic heterocycles. The fraction of sp³-hybridized carbons (Fsp3) is 0.276. The minimum Gasteiger partial charge on any atom is -0.484 e. The van der Waals surface area contributed by atoms with Gasteiger partial charge < -0.3 is 9.64 Å². The van der Waals surface area contributed by atoms with Gasteiger partial charge in [-0.25, -0.2) is 0 Å². The summed E-state index contributed by atoms with van der Waals surface area (Å²) in [6, 6.07) is 22.2. The van der Waals surface area contributed by atoms with Crippen LogP contribution in [0.5, 0.6) is 5.75 Å². The fourth-order valence-electron chi connectivity index (χ4n) is 4.77. The van der Waals surface area contributed by atoms with E-state index in [1.165, 1.54) is 37.7 Å². The van der Waals surface area contributed by atoms with Crippen LogP contribution < -0.4 is 15.0 Å². The third kappa shape index (κ3) is 7.00. The molecule has 3 aromatic carbocycles. The summed E-state index contributed by atoms with van der Waals surface area (Å²) in [6.07, 6.45) is 6.26. The van der Waals surface area contributed by atoms with Crippen molar-refractivity contribution in [2.75, 3.05) is 16.8 Å². The van der Waals surface area contributed by atoms with Crippen LogP contribution in [-0.2, 0) is 11.3 Å². The normalized spacial score (nSPS) is 13.6. The highest BCUT2D eigenvalue weighted by Crippen LogP contribution is 2.33. The molecule has 0 bridgehead atoms. The average molecular weight is 545 g/mol. The molecule has 0 radical (unpaired) electrons. The maximum absolute atomic E-state index is 13.4. The quantitative estimate of drug-likeness (QED) is 0.277. The summed E-state index contributed by atoms with van der Waals surface area (Å²) in [5.74, 6) is 0.701. The van der Waals surface area contributed by atoms with Crippen LogP contribution >= 0.6 is 11.6 Å². The number of aromatic nitrogens is 4. The van der Waals surface area contributed by atoms with Gasteiger partial charge in [0, 0.05) is 16.3 Å². The highest BCUT2D eigenvalue weighted by molar-refractivity contribution is 6.30. The van der Waals surface area contributed by atoms with E-state index in [9.17, 15) is 9.59 Å². The van der Waals surface area contributed by atoms with Crippen LogP contribution in [0.25, 0.3) is 0 Å². The van der Waals surface area contributed by atoms with E-state index < -0.39 is 0 Å². The van der Waals surface area contributed by atoms with Gasteiger partial charge in [-0.2, -0.15) is 5.21 Å². The fourth-order valence-corrected chi connectivity index (χ4v) is 4.90. The number of carbonyl (C=O) groups excluding carboxylic acids is 2. The first kappa shape index (κ1) is 26.4. The number of ether oxygens (including phenoxy) is 1. The predicted octanol–water partition coefficient (Wildman–Crippen LogP) is 5.77. The number of aromatic amines is 1. The third-order valence-corrected chi connectivity index (χ3v) is 7.14. The second kappa shape index (κ2) is 12.5. The number of amides is 2. The summed E-state index contributed by atoms with van der Waals surface area (Å²) >= 11 is 5.96. The zero-order chi connectivity index (χ0) is 27.0. The molecular formula is C29H29ClN6O3. The molecule has 2 amide bonds. The predicted molar refractivity (Wildman–Crippen MR) is 149 cm³/mol. The zero-order valence-corrected chi connectivity index (χ0v) is 22.1. The molecule has 10 heteroatoms. The Morgan fingerprint density at radius 3 is 2.33 bits per heavy atom. The Bertz CT molecular complexity index is 1370. The number of hydrogen-bond donors (Lipinski definition) is 2. The van der Waals surface area contributed by atoms with Gasteiger partial charge in [-0.05, 0) is 83.6 Å². The Morgan fingerprint density at radius 2 is 1.67 bits per heavy atom. The van der Waals surface area contributed by atoms with Crippen molar-refractivity contribution in [3.05, 3.63) is 94.5 Å². The summed E-state index contributed by atoms with van der Waals surface area (Å²) in [5, 5.41) is 16.3. The SMILES string of the molecule is O=C(Nc1nn[nH]n1)c1ccc(CN(C(=O)COc2ccc(Cl)cc2)c2ccc(C3CCCCC3)cc2)cc1. The van der Waals surface area contributed by atoms with Crippen molar-refractivity contribution in [3.8, 4) is 5.75 Å². The van der Waals surface area contributed by atoms with Crippen LogP contribution in [0.4, 0.5) is 11.6 Å². The number of halogens is 1. The molecule has 5 rings (SSSR count). The zero-order valence-electron chi connectivity index (χ0n) is 21.3. The minimum atomic E-state index is -0.356. The van der Waals surface area contributed by atoms with Gasteiger partial charge in [0.15, 0.2) is 6.61 Å². The number of anilines is 2. The van der Waals surface area contributed by atoms with Gasteiger partial charge in [-0.1, -0.05) is 60.2 Å². The molecule has 200 valence electrons. The van der Waals surface area contributed by atoms with Gasteiger partial charge in [0.05, 0.1) is 6.54 Å². The van der Waals surface area contributed by atoms with Crippen LogP contribution in [0.3, 0.4) is 0 Å². The van der Waals surface area contributed by atoms with Crippen LogP contribution in [0.1, 0.15) is 59.5 Å². The molecule has 0 aliphatic heterocycles. The second-order valence-corrected chi connectivity index (χ2v) is 9.97. The summed E-state index contributed by atoms with van der Waals surface area (Å²) in [6.45, 7) is 0.190. The van der Waals surface area contributed by atoms with E-state index >= 15 is 0 Å². The number of nitrogens with one attached hydrogen (secondary N) is 2. The summed E-state index contributed by atoms with van der Waals surface area (Å²) in [7, 11) is 0. The van der Waals surface area contributed by atoms with Gasteiger partial charge in [0.25, 0.3) is 17.8 Å². The first-order chi connectivity index (χ1) is 19.0. The molecule has 4 aromatic rings. The van der Waals surface area contributed by atoms with Gasteiger partial charge >= 0.3 is 0 Å². The molecule has 0 unspecified atom stereocenters. The van der Waals surface area contributed by atoms with Crippen LogP contribution in [0.2, 0.25) is 5.02 Å². The standard InChI is InChI=1S/C29H29ClN6O3/c30-24-12-16-26(17-13-24)39-19-27(37)36(25-14-10-22(11-15-25)21-4-2-1-3-5-21)18-20-6-8-23(9-7-20)28(38)31-29-32-34-35-33-29/h6-17,21H,1-5,18-19H2,(H2,31,32,33,34,35,38). The number of rotatable bonds is 9. The van der Waals surface area contributed by atoms with E-state index in [2.05, 4.69) is 38.1 Å². The van der Waals surface area contributed by atoms with E-state index in [0.717, 1.165) is 11.3 Å². The third-order valence-electron chi connectivity index (χ3n) is 6.89. The summed E-state index contributed by atoms with van der Waals surface area (Å²) in [5.41, 5.74) is 3.41. The van der Waals surface area contributed by atoms with Crippen LogP contribution in [0.15, 0.2) is 72.8 Å². The van der Waals surface area contributed by atoms with Gasteiger partial charge in [-0.3, -0.25) is 14.9 Å². The van der Waals surface area contributed by atoms with E-state index in [-0.39, 0.29) is 24.4 Å². The minimum absolute atomic E-state index is 0.0956. The Balaban J connectivity index is 1.31. The molecular weight excluding hydrogens is 516 g/mol. The van der Waals surface area contributed by atoms with Crippen LogP contribution in [0, 0.1) is 0 Å². The summed E-state index contributed by atoms with van der Waals surface area (Å²) in [4.78, 5) is 27.6. The Morgan fingerprint density at radius 1 is 0.949 bits per heavy atom. The molecule has 1 fully saturated rings. The van der Waals surface area contributed by atoms with Crippen molar-refractivity contribution < 1.29 is 14.3 Å². The lowest BCUT2D eigenvalue weighted by Crippen LogP contribution is -2.34. The second-order valence-electron chi connectivity index (χ2n) is 9.54. The lowest BCUT2D eigenvalue weighted by molar-refractivity contribution is -0.120. The Labute approximate surface area is 231 Å². The first-order valence-electron chi connectivity index (χ1n) is 13.0. The Kier molecular flexibility index (Phi) is 8.48. The van der Waals surface area contributed by atoms with Crippen molar-refractivity contribution in [1.82, 2.24) is 20.6 Å². The van der Waals surface area contributed by atoms with E-state index in [1.807, 2.05) is 24.3 Å². The topological polar surface area (TPSA) is 113 Å². The van der Waals surface area contributed by atoms with Crippen molar-refractivity contribution in [1.29, 1.82) is 0 Å². The molecule has 39 heavy (non-hydrogen) atoms. The number of H-pyrrole nitrogens is 1. The smallest absolute Gasteiger partial charge is 0.270 e.